The highest BCUT2D eigenvalue weighted by atomic mass is 35.5. The molecule has 134 valence electrons. The Hall–Kier alpha value is -2.56. The second-order valence-electron chi connectivity index (χ2n) is 5.88. The molecule has 0 fully saturated rings. The van der Waals surface area contributed by atoms with Crippen LogP contribution in [0.15, 0.2) is 27.8 Å². The molecule has 26 heavy (non-hydrogen) atoms. The van der Waals surface area contributed by atoms with Crippen molar-refractivity contribution in [2.24, 2.45) is 0 Å². The van der Waals surface area contributed by atoms with Crippen LogP contribution in [-0.2, 0) is 30.8 Å². The zero-order valence-corrected chi connectivity index (χ0v) is 15.1. The first-order valence-electron chi connectivity index (χ1n) is 7.89. The first-order valence-corrected chi connectivity index (χ1v) is 8.65. The third kappa shape index (κ3) is 3.39. The van der Waals surface area contributed by atoms with Crippen molar-refractivity contribution in [2.75, 3.05) is 0 Å². The fourth-order valence-corrected chi connectivity index (χ4v) is 3.42. The van der Waals surface area contributed by atoms with Crippen LogP contribution in [0.5, 0.6) is 0 Å². The topological polar surface area (TPSA) is 96.9 Å². The Bertz CT molecular complexity index is 1050. The predicted molar refractivity (Wildman–Crippen MR) is 96.3 cm³/mol. The molecule has 0 spiro atoms. The number of hydrogen-bond donors (Lipinski definition) is 1. The molecule has 3 rings (SSSR count). The van der Waals surface area contributed by atoms with Crippen LogP contribution in [0.2, 0.25) is 10.0 Å². The van der Waals surface area contributed by atoms with Gasteiger partial charge in [0.15, 0.2) is 0 Å². The van der Waals surface area contributed by atoms with E-state index >= 15 is 0 Å². The molecule has 9 heteroatoms. The van der Waals surface area contributed by atoms with Crippen LogP contribution in [0.3, 0.4) is 0 Å². The highest BCUT2D eigenvalue weighted by molar-refractivity contribution is 6.35. The Balaban J connectivity index is 1.81. The molecule has 2 heterocycles. The van der Waals surface area contributed by atoms with E-state index in [1.54, 1.807) is 18.2 Å². The summed E-state index contributed by atoms with van der Waals surface area (Å²) >= 11 is 11.9. The Morgan fingerprint density at radius 3 is 2.77 bits per heavy atom. The number of nitrogens with zero attached hydrogens (tertiary/aromatic N) is 3. The maximum absolute atomic E-state index is 12.5. The van der Waals surface area contributed by atoms with Crippen molar-refractivity contribution < 1.29 is 4.79 Å². The predicted octanol–water partition coefficient (Wildman–Crippen LogP) is 1.45. The van der Waals surface area contributed by atoms with E-state index in [1.165, 1.54) is 4.57 Å². The number of halogens is 2. The first-order chi connectivity index (χ1) is 12.4. The van der Waals surface area contributed by atoms with Crippen LogP contribution in [0.1, 0.15) is 23.2 Å². The number of nitrogens with one attached hydrogen (secondary N) is 1. The summed E-state index contributed by atoms with van der Waals surface area (Å²) in [6.07, 6.45) is 1.20. The van der Waals surface area contributed by atoms with Crippen molar-refractivity contribution in [1.82, 2.24) is 14.5 Å². The van der Waals surface area contributed by atoms with E-state index in [0.717, 1.165) is 4.57 Å². The fraction of sp³-hybridized carbons (Fsp3) is 0.294. The first kappa shape index (κ1) is 18.2. The largest absolute Gasteiger partial charge is 0.350 e. The van der Waals surface area contributed by atoms with Gasteiger partial charge in [-0.3, -0.25) is 14.2 Å². The summed E-state index contributed by atoms with van der Waals surface area (Å²) in [4.78, 5) is 37.0. The zero-order valence-electron chi connectivity index (χ0n) is 13.6. The highest BCUT2D eigenvalue weighted by Crippen LogP contribution is 2.20. The van der Waals surface area contributed by atoms with Gasteiger partial charge in [-0.1, -0.05) is 29.3 Å². The van der Waals surface area contributed by atoms with Gasteiger partial charge in [0.2, 0.25) is 5.91 Å². The number of amides is 1. The Labute approximate surface area is 158 Å². The maximum atomic E-state index is 12.5. The molecular weight excluding hydrogens is 379 g/mol. The molecule has 0 saturated heterocycles. The highest BCUT2D eigenvalue weighted by Gasteiger charge is 2.23. The van der Waals surface area contributed by atoms with E-state index in [1.807, 2.05) is 6.07 Å². The summed E-state index contributed by atoms with van der Waals surface area (Å²) in [5.74, 6) is -0.530. The van der Waals surface area contributed by atoms with E-state index in [0.29, 0.717) is 40.7 Å². The van der Waals surface area contributed by atoms with Gasteiger partial charge in [0.25, 0.3) is 5.56 Å². The van der Waals surface area contributed by atoms with Crippen LogP contribution >= 0.6 is 23.2 Å². The van der Waals surface area contributed by atoms with Gasteiger partial charge >= 0.3 is 5.69 Å². The van der Waals surface area contributed by atoms with Crippen LogP contribution in [0.25, 0.3) is 0 Å². The molecule has 0 aliphatic carbocycles. The average Bonchev–Trinajstić information content (AvgIpc) is 3.08. The molecule has 1 aliphatic heterocycles. The van der Waals surface area contributed by atoms with E-state index in [4.69, 9.17) is 23.2 Å². The zero-order chi connectivity index (χ0) is 18.8. The number of aromatic nitrogens is 2. The van der Waals surface area contributed by atoms with Gasteiger partial charge < -0.3 is 5.32 Å². The number of carbonyl (C=O) groups is 1. The van der Waals surface area contributed by atoms with Gasteiger partial charge in [0, 0.05) is 28.8 Å². The third-order valence-electron chi connectivity index (χ3n) is 4.24. The van der Waals surface area contributed by atoms with Gasteiger partial charge in [-0.25, -0.2) is 9.36 Å². The lowest BCUT2D eigenvalue weighted by molar-refractivity contribution is -0.121. The molecular formula is C17H14Cl2N4O3. The SMILES string of the molecule is N#Cc1c2n(c(=O)n(CC(=O)NCc3ccc(Cl)cc3Cl)c1=O)CCC2. The van der Waals surface area contributed by atoms with Gasteiger partial charge in [-0.2, -0.15) is 5.26 Å². The molecule has 0 radical (unpaired) electrons. The van der Waals surface area contributed by atoms with Crippen LogP contribution in [0, 0.1) is 11.3 Å². The molecule has 1 N–H and O–H groups in total. The van der Waals surface area contributed by atoms with Gasteiger partial charge in [0.1, 0.15) is 18.2 Å². The average molecular weight is 393 g/mol. The minimum Gasteiger partial charge on any atom is -0.350 e. The second-order valence-corrected chi connectivity index (χ2v) is 6.72. The Morgan fingerprint density at radius 1 is 1.31 bits per heavy atom. The molecule has 2 aromatic rings. The number of benzene rings is 1. The van der Waals surface area contributed by atoms with Crippen LogP contribution < -0.4 is 16.6 Å². The quantitative estimate of drug-likeness (QED) is 0.851. The van der Waals surface area contributed by atoms with E-state index < -0.39 is 23.7 Å². The molecule has 0 unspecified atom stereocenters. The lowest BCUT2D eigenvalue weighted by Crippen LogP contribution is -2.45. The molecule has 1 aliphatic rings. The molecule has 0 bridgehead atoms. The molecule has 0 saturated carbocycles. The minimum atomic E-state index is -0.731. The van der Waals surface area contributed by atoms with Crippen molar-refractivity contribution in [3.05, 3.63) is 65.9 Å². The molecule has 7 nitrogen and oxygen atoms in total. The third-order valence-corrected chi connectivity index (χ3v) is 4.82. The molecule has 1 amide bonds. The summed E-state index contributed by atoms with van der Waals surface area (Å²) in [6, 6.07) is 6.73. The van der Waals surface area contributed by atoms with Crippen molar-refractivity contribution in [1.29, 1.82) is 5.26 Å². The van der Waals surface area contributed by atoms with Crippen molar-refractivity contribution in [3.8, 4) is 6.07 Å². The normalized spacial score (nSPS) is 12.5. The monoisotopic (exact) mass is 392 g/mol. The minimum absolute atomic E-state index is 0.0735. The fourth-order valence-electron chi connectivity index (χ4n) is 2.95. The number of fused-ring (bicyclic) bond motifs is 1. The van der Waals surface area contributed by atoms with Crippen LogP contribution in [-0.4, -0.2) is 15.0 Å². The van der Waals surface area contributed by atoms with Gasteiger partial charge in [-0.05, 0) is 30.5 Å². The Kier molecular flexibility index (Phi) is 5.16. The summed E-state index contributed by atoms with van der Waals surface area (Å²) in [5.41, 5.74) is -0.269. The Morgan fingerprint density at radius 2 is 2.08 bits per heavy atom. The number of carbonyl (C=O) groups excluding carboxylic acids is 1. The lowest BCUT2D eigenvalue weighted by Gasteiger charge is -2.11. The number of rotatable bonds is 4. The molecule has 0 atom stereocenters. The molecule has 1 aromatic carbocycles. The maximum Gasteiger partial charge on any atom is 0.331 e. The van der Waals surface area contributed by atoms with Crippen LogP contribution in [0.4, 0.5) is 0 Å². The summed E-state index contributed by atoms with van der Waals surface area (Å²) in [7, 11) is 0. The number of nitriles is 1. The van der Waals surface area contributed by atoms with Gasteiger partial charge in [0.05, 0.1) is 0 Å². The summed E-state index contributed by atoms with van der Waals surface area (Å²) in [6.45, 7) is 0.101. The lowest BCUT2D eigenvalue weighted by atomic mass is 10.2. The van der Waals surface area contributed by atoms with E-state index in [2.05, 4.69) is 5.32 Å². The van der Waals surface area contributed by atoms with Crippen molar-refractivity contribution in [3.63, 3.8) is 0 Å². The number of hydrogen-bond acceptors (Lipinski definition) is 4. The van der Waals surface area contributed by atoms with Crippen molar-refractivity contribution in [2.45, 2.75) is 32.5 Å². The van der Waals surface area contributed by atoms with Gasteiger partial charge in [-0.15, -0.1) is 0 Å². The van der Waals surface area contributed by atoms with E-state index in [-0.39, 0.29) is 12.1 Å². The van der Waals surface area contributed by atoms with Crippen molar-refractivity contribution >= 4 is 29.1 Å². The summed E-state index contributed by atoms with van der Waals surface area (Å²) in [5, 5.41) is 12.7. The second kappa shape index (κ2) is 7.36. The smallest absolute Gasteiger partial charge is 0.331 e. The van der Waals surface area contributed by atoms with E-state index in [9.17, 15) is 19.6 Å². The standard InChI is InChI=1S/C17H14Cl2N4O3/c18-11-4-3-10(13(19)6-11)8-21-15(24)9-23-16(25)12(7-20)14-2-1-5-22(14)17(23)26/h3-4,6H,1-2,5,8-9H2,(H,21,24). The summed E-state index contributed by atoms with van der Waals surface area (Å²) < 4.78 is 2.19. The molecule has 1 aromatic heterocycles.